The molecular weight excluding hydrogens is 366 g/mol. The van der Waals surface area contributed by atoms with Gasteiger partial charge in [0.1, 0.15) is 5.75 Å². The van der Waals surface area contributed by atoms with Crippen LogP contribution in [-0.2, 0) is 16.4 Å². The van der Waals surface area contributed by atoms with Crippen molar-refractivity contribution in [3.05, 3.63) is 48.0 Å². The Morgan fingerprint density at radius 1 is 1.19 bits per heavy atom. The summed E-state index contributed by atoms with van der Waals surface area (Å²) in [5, 5.41) is 5.48. The molecule has 0 spiro atoms. The predicted molar refractivity (Wildman–Crippen MR) is 107 cm³/mol. The maximum absolute atomic E-state index is 12.5. The summed E-state index contributed by atoms with van der Waals surface area (Å²) in [4.78, 5) is 12.3. The average Bonchev–Trinajstić information content (AvgIpc) is 3.06. The normalized spacial score (nSPS) is 13.2. The second-order valence-electron chi connectivity index (χ2n) is 6.26. The summed E-state index contributed by atoms with van der Waals surface area (Å²) in [7, 11) is -1.81. The first-order chi connectivity index (χ1) is 12.9. The van der Waals surface area contributed by atoms with Crippen LogP contribution >= 0.6 is 0 Å². The van der Waals surface area contributed by atoms with Gasteiger partial charge in [-0.2, -0.15) is 0 Å². The number of urea groups is 1. The van der Waals surface area contributed by atoms with Crippen LogP contribution < -0.4 is 19.7 Å². The van der Waals surface area contributed by atoms with Gasteiger partial charge in [-0.05, 0) is 42.7 Å². The molecule has 0 bridgehead atoms. The number of methoxy groups -OCH3 is 1. The highest BCUT2D eigenvalue weighted by molar-refractivity contribution is 7.92. The zero-order valence-electron chi connectivity index (χ0n) is 15.4. The van der Waals surface area contributed by atoms with E-state index in [1.54, 1.807) is 30.3 Å². The van der Waals surface area contributed by atoms with Crippen molar-refractivity contribution >= 4 is 33.1 Å². The monoisotopic (exact) mass is 389 g/mol. The molecule has 0 saturated heterocycles. The van der Waals surface area contributed by atoms with E-state index in [0.717, 1.165) is 5.56 Å². The lowest BCUT2D eigenvalue weighted by molar-refractivity contribution is 0.262. The van der Waals surface area contributed by atoms with Gasteiger partial charge in [-0.25, -0.2) is 13.2 Å². The summed E-state index contributed by atoms with van der Waals surface area (Å²) < 4.78 is 31.6. The molecule has 0 aromatic heterocycles. The number of nitrogens with one attached hydrogen (secondary N) is 2. The molecule has 1 aliphatic rings. The lowest BCUT2D eigenvalue weighted by Crippen LogP contribution is -2.31. The molecule has 3 rings (SSSR count). The summed E-state index contributed by atoms with van der Waals surface area (Å²) in [6, 6.07) is 12.0. The molecule has 2 N–H and O–H groups in total. The van der Waals surface area contributed by atoms with Crippen LogP contribution in [0.15, 0.2) is 42.5 Å². The van der Waals surface area contributed by atoms with Crippen LogP contribution in [0.4, 0.5) is 21.9 Å². The topological polar surface area (TPSA) is 87.7 Å². The number of rotatable bonds is 6. The fourth-order valence-electron chi connectivity index (χ4n) is 3.12. The van der Waals surface area contributed by atoms with Gasteiger partial charge in [-0.3, -0.25) is 4.31 Å². The number of anilines is 3. The molecule has 0 radical (unpaired) electrons. The van der Waals surface area contributed by atoms with E-state index in [0.29, 0.717) is 42.2 Å². The molecule has 0 atom stereocenters. The molecular formula is C19H23N3O4S. The fourth-order valence-corrected chi connectivity index (χ4v) is 4.69. The number of carbonyl (C=O) groups excluding carboxylic acids is 1. The zero-order valence-corrected chi connectivity index (χ0v) is 16.2. The largest absolute Gasteiger partial charge is 0.495 e. The molecule has 2 amide bonds. The summed E-state index contributed by atoms with van der Waals surface area (Å²) >= 11 is 0. The van der Waals surface area contributed by atoms with E-state index in [9.17, 15) is 13.2 Å². The van der Waals surface area contributed by atoms with E-state index >= 15 is 0 Å². The molecule has 0 saturated carbocycles. The molecule has 144 valence electrons. The fraction of sp³-hybridized carbons (Fsp3) is 0.316. The van der Waals surface area contributed by atoms with Gasteiger partial charge in [0, 0.05) is 12.2 Å². The summed E-state index contributed by atoms with van der Waals surface area (Å²) in [6.07, 6.45) is 1.24. The SMILES string of the molecule is CCCS(=O)(=O)N1CCc2ccc(NC(=O)Nc3ccccc3OC)cc21. The van der Waals surface area contributed by atoms with Crippen molar-refractivity contribution in [3.63, 3.8) is 0 Å². The molecule has 1 heterocycles. The van der Waals surface area contributed by atoms with E-state index in [1.807, 2.05) is 19.1 Å². The van der Waals surface area contributed by atoms with Crippen LogP contribution in [0.5, 0.6) is 5.75 Å². The summed E-state index contributed by atoms with van der Waals surface area (Å²) in [5.74, 6) is 0.664. The van der Waals surface area contributed by atoms with Crippen LogP contribution in [0.1, 0.15) is 18.9 Å². The highest BCUT2D eigenvalue weighted by Crippen LogP contribution is 2.33. The highest BCUT2D eigenvalue weighted by atomic mass is 32.2. The molecule has 0 unspecified atom stereocenters. The first kappa shape index (κ1) is 19.0. The van der Waals surface area contributed by atoms with Crippen molar-refractivity contribution in [2.45, 2.75) is 19.8 Å². The van der Waals surface area contributed by atoms with E-state index < -0.39 is 16.1 Å². The minimum absolute atomic E-state index is 0.110. The van der Waals surface area contributed by atoms with Gasteiger partial charge in [0.25, 0.3) is 0 Å². The molecule has 0 aliphatic carbocycles. The van der Waals surface area contributed by atoms with Crippen LogP contribution in [0.2, 0.25) is 0 Å². The van der Waals surface area contributed by atoms with Gasteiger partial charge in [0.05, 0.1) is 24.2 Å². The Bertz CT molecular complexity index is 944. The number of fused-ring (bicyclic) bond motifs is 1. The summed E-state index contributed by atoms with van der Waals surface area (Å²) in [5.41, 5.74) is 2.68. The first-order valence-corrected chi connectivity index (χ1v) is 10.4. The van der Waals surface area contributed by atoms with Crippen molar-refractivity contribution in [1.29, 1.82) is 0 Å². The third kappa shape index (κ3) is 4.16. The Labute approximate surface area is 159 Å². The van der Waals surface area contributed by atoms with E-state index in [4.69, 9.17) is 4.74 Å². The van der Waals surface area contributed by atoms with Crippen molar-refractivity contribution in [2.75, 3.05) is 34.3 Å². The van der Waals surface area contributed by atoms with Crippen LogP contribution in [0, 0.1) is 0 Å². The molecule has 2 aromatic carbocycles. The Hall–Kier alpha value is -2.74. The lowest BCUT2D eigenvalue weighted by atomic mass is 10.1. The third-order valence-corrected chi connectivity index (χ3v) is 6.32. The van der Waals surface area contributed by atoms with Crippen molar-refractivity contribution < 1.29 is 17.9 Å². The van der Waals surface area contributed by atoms with Crippen molar-refractivity contribution in [1.82, 2.24) is 0 Å². The number of para-hydroxylation sites is 2. The number of hydrogen-bond acceptors (Lipinski definition) is 4. The predicted octanol–water partition coefficient (Wildman–Crippen LogP) is 3.44. The second-order valence-corrected chi connectivity index (χ2v) is 8.27. The molecule has 8 heteroatoms. The Kier molecular flexibility index (Phi) is 5.55. The van der Waals surface area contributed by atoms with Gasteiger partial charge in [0.15, 0.2) is 0 Å². The van der Waals surface area contributed by atoms with Gasteiger partial charge >= 0.3 is 6.03 Å². The number of hydrogen-bond donors (Lipinski definition) is 2. The van der Waals surface area contributed by atoms with E-state index in [2.05, 4.69) is 10.6 Å². The lowest BCUT2D eigenvalue weighted by Gasteiger charge is -2.20. The minimum Gasteiger partial charge on any atom is -0.495 e. The van der Waals surface area contributed by atoms with E-state index in [-0.39, 0.29) is 5.75 Å². The Balaban J connectivity index is 1.76. The van der Waals surface area contributed by atoms with Crippen molar-refractivity contribution in [3.8, 4) is 5.75 Å². The Morgan fingerprint density at radius 3 is 2.70 bits per heavy atom. The third-order valence-electron chi connectivity index (χ3n) is 4.35. The highest BCUT2D eigenvalue weighted by Gasteiger charge is 2.29. The molecule has 2 aromatic rings. The standard InChI is InChI=1S/C19H23N3O4S/c1-3-12-27(24,25)22-11-10-14-8-9-15(13-17(14)22)20-19(23)21-16-6-4-5-7-18(16)26-2/h4-9,13H,3,10-12H2,1-2H3,(H2,20,21,23). The second kappa shape index (κ2) is 7.87. The first-order valence-electron chi connectivity index (χ1n) is 8.79. The van der Waals surface area contributed by atoms with Crippen LogP contribution in [0.3, 0.4) is 0 Å². The molecule has 0 fully saturated rings. The quantitative estimate of drug-likeness (QED) is 0.792. The van der Waals surface area contributed by atoms with Crippen LogP contribution in [0.25, 0.3) is 0 Å². The van der Waals surface area contributed by atoms with Gasteiger partial charge in [0.2, 0.25) is 10.0 Å². The Morgan fingerprint density at radius 2 is 1.96 bits per heavy atom. The van der Waals surface area contributed by atoms with Crippen molar-refractivity contribution in [2.24, 2.45) is 0 Å². The average molecular weight is 389 g/mol. The summed E-state index contributed by atoms with van der Waals surface area (Å²) in [6.45, 7) is 2.28. The van der Waals surface area contributed by atoms with Gasteiger partial charge < -0.3 is 15.4 Å². The number of carbonyl (C=O) groups is 1. The maximum Gasteiger partial charge on any atom is 0.323 e. The molecule has 1 aliphatic heterocycles. The zero-order chi connectivity index (χ0) is 19.4. The number of benzene rings is 2. The smallest absolute Gasteiger partial charge is 0.323 e. The number of amides is 2. The molecule has 7 nitrogen and oxygen atoms in total. The number of nitrogens with zero attached hydrogens (tertiary/aromatic N) is 1. The van der Waals surface area contributed by atoms with Gasteiger partial charge in [-0.1, -0.05) is 25.1 Å². The number of ether oxygens (including phenoxy) is 1. The van der Waals surface area contributed by atoms with Gasteiger partial charge in [-0.15, -0.1) is 0 Å². The van der Waals surface area contributed by atoms with Crippen LogP contribution in [-0.4, -0.2) is 33.9 Å². The minimum atomic E-state index is -3.34. The molecule has 27 heavy (non-hydrogen) atoms. The number of sulfonamides is 1. The van der Waals surface area contributed by atoms with E-state index in [1.165, 1.54) is 11.4 Å². The maximum atomic E-state index is 12.5.